The second kappa shape index (κ2) is 7.34. The zero-order chi connectivity index (χ0) is 16.9. The lowest BCUT2D eigenvalue weighted by Crippen LogP contribution is -2.41. The molecule has 0 bridgehead atoms. The minimum Gasteiger partial charge on any atom is -0.291 e. The van der Waals surface area contributed by atoms with Gasteiger partial charge in [-0.25, -0.2) is 0 Å². The summed E-state index contributed by atoms with van der Waals surface area (Å²) in [6.45, 7) is 4.31. The molecule has 0 saturated carbocycles. The van der Waals surface area contributed by atoms with Crippen molar-refractivity contribution in [3.8, 4) is 0 Å². The van der Waals surface area contributed by atoms with Crippen LogP contribution in [0.3, 0.4) is 0 Å². The summed E-state index contributed by atoms with van der Waals surface area (Å²) in [6.07, 6.45) is 6.67. The average molecular weight is 322 g/mol. The van der Waals surface area contributed by atoms with Crippen molar-refractivity contribution in [3.63, 3.8) is 0 Å². The summed E-state index contributed by atoms with van der Waals surface area (Å²) in [6, 6.07) is 11.5. The first-order chi connectivity index (χ1) is 11.7. The second-order valence-electron chi connectivity index (χ2n) is 6.22. The van der Waals surface area contributed by atoms with Gasteiger partial charge >= 0.3 is 0 Å². The molecule has 1 aliphatic heterocycles. The molecule has 0 aliphatic carbocycles. The number of ketones is 1. The molecule has 124 valence electrons. The van der Waals surface area contributed by atoms with Crippen molar-refractivity contribution >= 4 is 11.5 Å². The summed E-state index contributed by atoms with van der Waals surface area (Å²) >= 11 is 0. The van der Waals surface area contributed by atoms with Crippen LogP contribution < -0.4 is 0 Å². The molecule has 0 aromatic carbocycles. The molecule has 1 saturated heterocycles. The van der Waals surface area contributed by atoms with Gasteiger partial charge in [0, 0.05) is 24.5 Å². The van der Waals surface area contributed by atoms with Gasteiger partial charge in [0.25, 0.3) is 0 Å². The highest BCUT2D eigenvalue weighted by Crippen LogP contribution is 2.23. The Hall–Kier alpha value is -2.56. The molecule has 1 aliphatic rings. The van der Waals surface area contributed by atoms with E-state index in [0.29, 0.717) is 29.2 Å². The number of piperidine rings is 1. The minimum atomic E-state index is -0.195. The number of Topliss-reactive ketones (excluding diaryl/α,β-unsaturated/α-hetero) is 1. The van der Waals surface area contributed by atoms with E-state index in [1.807, 2.05) is 29.3 Å². The molecule has 5 nitrogen and oxygen atoms in total. The number of nitrogens with zero attached hydrogens (tertiary/aromatic N) is 4. The number of carbonyl (C=O) groups is 1. The Balaban J connectivity index is 2.02. The minimum absolute atomic E-state index is 0.195. The molecular formula is C19H22N4O. The van der Waals surface area contributed by atoms with Gasteiger partial charge in [0.2, 0.25) is 5.78 Å². The van der Waals surface area contributed by atoms with Gasteiger partial charge in [-0.3, -0.25) is 19.8 Å². The van der Waals surface area contributed by atoms with Crippen LogP contribution in [-0.2, 0) is 0 Å². The monoisotopic (exact) mass is 322 g/mol. The normalized spacial score (nSPS) is 21.6. The highest BCUT2D eigenvalue weighted by atomic mass is 16.1. The molecule has 5 heteroatoms. The first-order valence-corrected chi connectivity index (χ1v) is 8.41. The molecule has 2 aromatic rings. The number of hydrazone groups is 1. The van der Waals surface area contributed by atoms with Crippen molar-refractivity contribution in [1.29, 1.82) is 0 Å². The zero-order valence-corrected chi connectivity index (χ0v) is 14.1. The van der Waals surface area contributed by atoms with E-state index in [0.717, 1.165) is 12.8 Å². The van der Waals surface area contributed by atoms with Crippen LogP contribution in [-0.4, -0.2) is 38.6 Å². The standard InChI is InChI=1S/C19H22N4O/c1-14-8-7-9-15(2)23(14)22-18(16-10-3-5-12-20-16)19(24)17-11-4-6-13-21-17/h3-6,10-15H,7-9H2,1-2H3. The predicted octanol–water partition coefficient (Wildman–Crippen LogP) is 3.33. The lowest BCUT2D eigenvalue weighted by molar-refractivity contribution is 0.100. The van der Waals surface area contributed by atoms with E-state index >= 15 is 0 Å². The highest BCUT2D eigenvalue weighted by molar-refractivity contribution is 6.50. The molecule has 0 radical (unpaired) electrons. The van der Waals surface area contributed by atoms with Gasteiger partial charge in [-0.05, 0) is 57.4 Å². The van der Waals surface area contributed by atoms with Crippen molar-refractivity contribution in [2.45, 2.75) is 45.2 Å². The van der Waals surface area contributed by atoms with Crippen LogP contribution in [0.4, 0.5) is 0 Å². The molecule has 2 unspecified atom stereocenters. The van der Waals surface area contributed by atoms with Gasteiger partial charge in [-0.2, -0.15) is 5.10 Å². The molecule has 1 fully saturated rings. The number of hydrogen-bond acceptors (Lipinski definition) is 5. The first-order valence-electron chi connectivity index (χ1n) is 8.41. The molecule has 0 amide bonds. The maximum Gasteiger partial charge on any atom is 0.233 e. The predicted molar refractivity (Wildman–Crippen MR) is 94.0 cm³/mol. The fourth-order valence-electron chi connectivity index (χ4n) is 3.05. The number of aromatic nitrogens is 2. The van der Waals surface area contributed by atoms with E-state index in [4.69, 9.17) is 5.10 Å². The van der Waals surface area contributed by atoms with Gasteiger partial charge in [0.15, 0.2) is 5.71 Å². The number of carbonyl (C=O) groups excluding carboxylic acids is 1. The fourth-order valence-corrected chi connectivity index (χ4v) is 3.05. The summed E-state index contributed by atoms with van der Waals surface area (Å²) in [5.41, 5.74) is 1.33. The van der Waals surface area contributed by atoms with Gasteiger partial charge in [-0.15, -0.1) is 0 Å². The first kappa shape index (κ1) is 16.3. The van der Waals surface area contributed by atoms with Crippen molar-refractivity contribution in [2.24, 2.45) is 5.10 Å². The van der Waals surface area contributed by atoms with E-state index in [2.05, 4.69) is 23.8 Å². The smallest absolute Gasteiger partial charge is 0.233 e. The summed E-state index contributed by atoms with van der Waals surface area (Å²) in [4.78, 5) is 21.5. The van der Waals surface area contributed by atoms with Crippen LogP contribution in [0.1, 0.15) is 49.3 Å². The Morgan fingerprint density at radius 1 is 1.00 bits per heavy atom. The topological polar surface area (TPSA) is 58.5 Å². The van der Waals surface area contributed by atoms with E-state index in [9.17, 15) is 4.79 Å². The van der Waals surface area contributed by atoms with E-state index in [-0.39, 0.29) is 5.78 Å². The summed E-state index contributed by atoms with van der Waals surface area (Å²) in [5, 5.41) is 6.79. The number of rotatable bonds is 4. The van der Waals surface area contributed by atoms with Gasteiger partial charge in [0.1, 0.15) is 5.69 Å². The summed E-state index contributed by atoms with van der Waals surface area (Å²) < 4.78 is 0. The molecule has 3 heterocycles. The van der Waals surface area contributed by atoms with Gasteiger partial charge in [-0.1, -0.05) is 12.1 Å². The van der Waals surface area contributed by atoms with E-state index in [1.54, 1.807) is 24.5 Å². The van der Waals surface area contributed by atoms with Crippen LogP contribution in [0.5, 0.6) is 0 Å². The Labute approximate surface area is 142 Å². The third-order valence-electron chi connectivity index (χ3n) is 4.38. The van der Waals surface area contributed by atoms with Gasteiger partial charge in [0.05, 0.1) is 5.69 Å². The molecular weight excluding hydrogens is 300 g/mol. The molecule has 3 rings (SSSR count). The molecule has 0 spiro atoms. The highest BCUT2D eigenvalue weighted by Gasteiger charge is 2.27. The molecule has 0 N–H and O–H groups in total. The van der Waals surface area contributed by atoms with Crippen molar-refractivity contribution in [3.05, 3.63) is 60.2 Å². The summed E-state index contributed by atoms with van der Waals surface area (Å²) in [7, 11) is 0. The Morgan fingerprint density at radius 3 is 2.12 bits per heavy atom. The second-order valence-corrected chi connectivity index (χ2v) is 6.22. The van der Waals surface area contributed by atoms with Crippen LogP contribution in [0.15, 0.2) is 53.9 Å². The van der Waals surface area contributed by atoms with Crippen molar-refractivity contribution < 1.29 is 4.79 Å². The fraction of sp³-hybridized carbons (Fsp3) is 0.368. The third kappa shape index (κ3) is 3.50. The van der Waals surface area contributed by atoms with Crippen LogP contribution >= 0.6 is 0 Å². The maximum atomic E-state index is 13.0. The van der Waals surface area contributed by atoms with Crippen molar-refractivity contribution in [2.75, 3.05) is 0 Å². The number of hydrogen-bond donors (Lipinski definition) is 0. The molecule has 24 heavy (non-hydrogen) atoms. The van der Waals surface area contributed by atoms with E-state index < -0.39 is 0 Å². The molecule has 2 aromatic heterocycles. The van der Waals surface area contributed by atoms with Crippen LogP contribution in [0.25, 0.3) is 0 Å². The quantitative estimate of drug-likeness (QED) is 0.640. The Kier molecular flexibility index (Phi) is 4.99. The lowest BCUT2D eigenvalue weighted by Gasteiger charge is -2.37. The summed E-state index contributed by atoms with van der Waals surface area (Å²) in [5.74, 6) is -0.195. The Morgan fingerprint density at radius 2 is 1.58 bits per heavy atom. The third-order valence-corrected chi connectivity index (χ3v) is 4.38. The van der Waals surface area contributed by atoms with Crippen LogP contribution in [0.2, 0.25) is 0 Å². The molecule has 2 atom stereocenters. The van der Waals surface area contributed by atoms with Gasteiger partial charge < -0.3 is 0 Å². The van der Waals surface area contributed by atoms with E-state index in [1.165, 1.54) is 6.42 Å². The largest absolute Gasteiger partial charge is 0.291 e. The van der Waals surface area contributed by atoms with Crippen LogP contribution in [0, 0.1) is 0 Å². The van der Waals surface area contributed by atoms with Crippen molar-refractivity contribution in [1.82, 2.24) is 15.0 Å². The maximum absolute atomic E-state index is 13.0. The average Bonchev–Trinajstić information content (AvgIpc) is 2.62. The SMILES string of the molecule is CC1CCCC(C)N1N=C(C(=O)c1ccccn1)c1ccccn1. The Bertz CT molecular complexity index is 705. The number of pyridine rings is 2. The lowest BCUT2D eigenvalue weighted by atomic mass is 10.00. The zero-order valence-electron chi connectivity index (χ0n) is 14.1.